The second kappa shape index (κ2) is 7.61. The molecule has 3 aromatic rings. The van der Waals surface area contributed by atoms with E-state index >= 15 is 0 Å². The van der Waals surface area contributed by atoms with Crippen LogP contribution in [0, 0.1) is 0 Å². The molecular formula is C18H17N3O2S. The number of benzene rings is 2. The van der Waals surface area contributed by atoms with Crippen LogP contribution in [0.4, 0.5) is 16.5 Å². The van der Waals surface area contributed by atoms with Crippen molar-refractivity contribution in [1.29, 1.82) is 0 Å². The second-order valence-electron chi connectivity index (χ2n) is 4.94. The van der Waals surface area contributed by atoms with Gasteiger partial charge in [-0.05, 0) is 43.3 Å². The Labute approximate surface area is 144 Å². The van der Waals surface area contributed by atoms with E-state index in [0.717, 1.165) is 11.4 Å². The molecule has 3 rings (SSSR count). The fourth-order valence-corrected chi connectivity index (χ4v) is 2.79. The largest absolute Gasteiger partial charge is 0.494 e. The highest BCUT2D eigenvalue weighted by Gasteiger charge is 2.11. The van der Waals surface area contributed by atoms with Crippen LogP contribution in [0.25, 0.3) is 0 Å². The Morgan fingerprint density at radius 3 is 2.54 bits per heavy atom. The number of hydrogen-bond acceptors (Lipinski definition) is 5. The van der Waals surface area contributed by atoms with Gasteiger partial charge in [0, 0.05) is 16.8 Å². The molecule has 1 aromatic heterocycles. The number of nitrogens with one attached hydrogen (secondary N) is 2. The van der Waals surface area contributed by atoms with E-state index in [1.165, 1.54) is 11.3 Å². The van der Waals surface area contributed by atoms with Crippen molar-refractivity contribution in [2.45, 2.75) is 6.92 Å². The number of anilines is 3. The Hall–Kier alpha value is -2.86. The Kier molecular flexibility index (Phi) is 5.08. The van der Waals surface area contributed by atoms with Gasteiger partial charge in [0.15, 0.2) is 5.13 Å². The lowest BCUT2D eigenvalue weighted by Crippen LogP contribution is -2.12. The first-order chi connectivity index (χ1) is 11.7. The Morgan fingerprint density at radius 2 is 1.83 bits per heavy atom. The van der Waals surface area contributed by atoms with Crippen LogP contribution in [-0.4, -0.2) is 17.5 Å². The summed E-state index contributed by atoms with van der Waals surface area (Å²) in [4.78, 5) is 16.6. The number of nitrogens with zero attached hydrogens (tertiary/aromatic N) is 1. The molecule has 2 N–H and O–H groups in total. The average molecular weight is 339 g/mol. The quantitative estimate of drug-likeness (QED) is 0.692. The maximum atomic E-state index is 12.3. The van der Waals surface area contributed by atoms with E-state index in [1.54, 1.807) is 17.5 Å². The molecule has 2 aromatic carbocycles. The van der Waals surface area contributed by atoms with Crippen LogP contribution in [-0.2, 0) is 0 Å². The number of rotatable bonds is 6. The van der Waals surface area contributed by atoms with Crippen LogP contribution < -0.4 is 15.4 Å². The molecule has 6 heteroatoms. The maximum Gasteiger partial charge on any atom is 0.275 e. The van der Waals surface area contributed by atoms with Gasteiger partial charge in [0.05, 0.1) is 6.61 Å². The van der Waals surface area contributed by atoms with Crippen LogP contribution in [0.3, 0.4) is 0 Å². The summed E-state index contributed by atoms with van der Waals surface area (Å²) in [7, 11) is 0. The highest BCUT2D eigenvalue weighted by atomic mass is 32.1. The number of ether oxygens (including phenoxy) is 1. The first kappa shape index (κ1) is 16.0. The molecule has 0 saturated heterocycles. The van der Waals surface area contributed by atoms with E-state index in [9.17, 15) is 4.79 Å². The summed E-state index contributed by atoms with van der Waals surface area (Å²) >= 11 is 1.39. The van der Waals surface area contributed by atoms with Gasteiger partial charge in [0.25, 0.3) is 5.91 Å². The first-order valence-electron chi connectivity index (χ1n) is 7.56. The topological polar surface area (TPSA) is 63.2 Å². The highest BCUT2D eigenvalue weighted by Crippen LogP contribution is 2.22. The molecule has 0 aliphatic carbocycles. The summed E-state index contributed by atoms with van der Waals surface area (Å²) in [5, 5.41) is 8.41. The molecule has 0 unspecified atom stereocenters. The third kappa shape index (κ3) is 4.11. The molecule has 0 saturated carbocycles. The predicted octanol–water partition coefficient (Wildman–Crippen LogP) is 4.54. The molecule has 0 aliphatic heterocycles. The van der Waals surface area contributed by atoms with E-state index in [1.807, 2.05) is 49.4 Å². The lowest BCUT2D eigenvalue weighted by Gasteiger charge is -2.06. The van der Waals surface area contributed by atoms with Gasteiger partial charge in [-0.1, -0.05) is 18.2 Å². The summed E-state index contributed by atoms with van der Waals surface area (Å²) in [5.41, 5.74) is 2.02. The molecule has 0 aliphatic rings. The third-order valence-corrected chi connectivity index (χ3v) is 3.94. The lowest BCUT2D eigenvalue weighted by molar-refractivity contribution is 0.102. The fourth-order valence-electron chi connectivity index (χ4n) is 2.08. The molecule has 0 radical (unpaired) electrons. The number of carbonyl (C=O) groups is 1. The zero-order valence-electron chi connectivity index (χ0n) is 13.2. The van der Waals surface area contributed by atoms with Crippen molar-refractivity contribution in [2.75, 3.05) is 17.2 Å². The van der Waals surface area contributed by atoms with Gasteiger partial charge in [-0.15, -0.1) is 11.3 Å². The summed E-state index contributed by atoms with van der Waals surface area (Å²) in [6, 6.07) is 17.0. The molecule has 1 amide bonds. The van der Waals surface area contributed by atoms with Crippen molar-refractivity contribution < 1.29 is 9.53 Å². The van der Waals surface area contributed by atoms with E-state index in [2.05, 4.69) is 15.6 Å². The first-order valence-corrected chi connectivity index (χ1v) is 8.44. The smallest absolute Gasteiger partial charge is 0.275 e. The summed E-state index contributed by atoms with van der Waals surface area (Å²) in [6.07, 6.45) is 0. The minimum absolute atomic E-state index is 0.239. The standard InChI is InChI=1S/C18H17N3O2S/c1-2-23-15-10-8-14(9-11-15)19-17(22)16-12-24-18(21-16)20-13-6-4-3-5-7-13/h3-12H,2H2,1H3,(H,19,22)(H,20,21). The van der Waals surface area contributed by atoms with Crippen molar-refractivity contribution in [3.05, 3.63) is 65.7 Å². The van der Waals surface area contributed by atoms with Crippen molar-refractivity contribution >= 4 is 33.8 Å². The number of amides is 1. The molecule has 24 heavy (non-hydrogen) atoms. The summed E-state index contributed by atoms with van der Waals surface area (Å²) in [5.74, 6) is 0.537. The van der Waals surface area contributed by atoms with Crippen LogP contribution in [0.5, 0.6) is 5.75 Å². The molecule has 122 valence electrons. The van der Waals surface area contributed by atoms with E-state index < -0.39 is 0 Å². The highest BCUT2D eigenvalue weighted by molar-refractivity contribution is 7.14. The van der Waals surface area contributed by atoms with Gasteiger partial charge in [-0.3, -0.25) is 4.79 Å². The average Bonchev–Trinajstić information content (AvgIpc) is 3.06. The summed E-state index contributed by atoms with van der Waals surface area (Å²) in [6.45, 7) is 2.54. The number of hydrogen-bond donors (Lipinski definition) is 2. The molecule has 0 atom stereocenters. The molecule has 0 spiro atoms. The van der Waals surface area contributed by atoms with E-state index in [-0.39, 0.29) is 5.91 Å². The van der Waals surface area contributed by atoms with E-state index in [0.29, 0.717) is 23.1 Å². The minimum Gasteiger partial charge on any atom is -0.494 e. The van der Waals surface area contributed by atoms with Crippen molar-refractivity contribution in [3.8, 4) is 5.75 Å². The Bertz CT molecular complexity index is 801. The third-order valence-electron chi connectivity index (χ3n) is 3.19. The Balaban J connectivity index is 1.63. The van der Waals surface area contributed by atoms with Crippen molar-refractivity contribution in [2.24, 2.45) is 0 Å². The van der Waals surface area contributed by atoms with Gasteiger partial charge >= 0.3 is 0 Å². The number of carbonyl (C=O) groups excluding carboxylic acids is 1. The van der Waals surface area contributed by atoms with E-state index in [4.69, 9.17) is 4.74 Å². The fraction of sp³-hybridized carbons (Fsp3) is 0.111. The predicted molar refractivity (Wildman–Crippen MR) is 97.4 cm³/mol. The number of para-hydroxylation sites is 1. The Morgan fingerprint density at radius 1 is 1.08 bits per heavy atom. The van der Waals surface area contributed by atoms with Gasteiger partial charge in [-0.25, -0.2) is 4.98 Å². The van der Waals surface area contributed by atoms with Gasteiger partial charge in [0.2, 0.25) is 0 Å². The molecule has 0 fully saturated rings. The van der Waals surface area contributed by atoms with Gasteiger partial charge in [0.1, 0.15) is 11.4 Å². The van der Waals surface area contributed by atoms with Crippen molar-refractivity contribution in [1.82, 2.24) is 4.98 Å². The van der Waals surface area contributed by atoms with Crippen LogP contribution in [0.15, 0.2) is 60.0 Å². The zero-order chi connectivity index (χ0) is 16.8. The normalized spacial score (nSPS) is 10.2. The lowest BCUT2D eigenvalue weighted by atomic mass is 10.3. The number of aromatic nitrogens is 1. The number of thiazole rings is 1. The monoisotopic (exact) mass is 339 g/mol. The SMILES string of the molecule is CCOc1ccc(NC(=O)c2csc(Nc3ccccc3)n2)cc1. The minimum atomic E-state index is -0.239. The van der Waals surface area contributed by atoms with Crippen LogP contribution in [0.1, 0.15) is 17.4 Å². The molecular weight excluding hydrogens is 322 g/mol. The van der Waals surface area contributed by atoms with Crippen LogP contribution >= 0.6 is 11.3 Å². The molecule has 5 nitrogen and oxygen atoms in total. The molecule has 0 bridgehead atoms. The zero-order valence-corrected chi connectivity index (χ0v) is 14.0. The van der Waals surface area contributed by atoms with Gasteiger partial charge < -0.3 is 15.4 Å². The second-order valence-corrected chi connectivity index (χ2v) is 5.80. The van der Waals surface area contributed by atoms with Gasteiger partial charge in [-0.2, -0.15) is 0 Å². The van der Waals surface area contributed by atoms with Crippen LogP contribution in [0.2, 0.25) is 0 Å². The summed E-state index contributed by atoms with van der Waals surface area (Å²) < 4.78 is 5.38. The maximum absolute atomic E-state index is 12.3. The molecule has 1 heterocycles. The van der Waals surface area contributed by atoms with Crippen molar-refractivity contribution in [3.63, 3.8) is 0 Å².